The zero-order valence-corrected chi connectivity index (χ0v) is 11.4. The molecule has 2 unspecified atom stereocenters. The molecule has 2 atom stereocenters. The van der Waals surface area contributed by atoms with E-state index in [1.54, 1.807) is 12.3 Å². The predicted octanol–water partition coefficient (Wildman–Crippen LogP) is 2.67. The van der Waals surface area contributed by atoms with Gasteiger partial charge in [0, 0.05) is 12.7 Å². The molecule has 1 aliphatic carbocycles. The fourth-order valence-corrected chi connectivity index (χ4v) is 2.81. The van der Waals surface area contributed by atoms with E-state index >= 15 is 0 Å². The van der Waals surface area contributed by atoms with Gasteiger partial charge in [0.05, 0.1) is 16.3 Å². The van der Waals surface area contributed by atoms with Crippen LogP contribution in [0.4, 0.5) is 11.5 Å². The Morgan fingerprint density at radius 3 is 3.11 bits per heavy atom. The average Bonchev–Trinajstić information content (AvgIpc) is 2.27. The van der Waals surface area contributed by atoms with Crippen molar-refractivity contribution in [2.75, 3.05) is 17.6 Å². The first-order valence-electron chi connectivity index (χ1n) is 6.36. The molecule has 1 heterocycles. The summed E-state index contributed by atoms with van der Waals surface area (Å²) in [7, 11) is 0. The first kappa shape index (κ1) is 13.4. The third-order valence-electron chi connectivity index (χ3n) is 3.54. The highest BCUT2D eigenvalue weighted by Crippen LogP contribution is 2.32. The topological polar surface area (TPSA) is 71.2 Å². The van der Waals surface area contributed by atoms with E-state index in [4.69, 9.17) is 17.3 Å². The Morgan fingerprint density at radius 1 is 1.67 bits per heavy atom. The average molecular weight is 270 g/mol. The van der Waals surface area contributed by atoms with Crippen LogP contribution in [0.1, 0.15) is 32.6 Å². The SMILES string of the molecule is CC1CCCC(O)(CNc2ncc(Cl)cc2N)C1. The number of nitrogen functional groups attached to an aromatic ring is 1. The van der Waals surface area contributed by atoms with Crippen molar-refractivity contribution >= 4 is 23.1 Å². The molecule has 1 saturated carbocycles. The zero-order chi connectivity index (χ0) is 13.2. The summed E-state index contributed by atoms with van der Waals surface area (Å²) in [4.78, 5) is 4.13. The molecule has 18 heavy (non-hydrogen) atoms. The number of pyridine rings is 1. The normalized spacial score (nSPS) is 28.1. The van der Waals surface area contributed by atoms with E-state index < -0.39 is 5.60 Å². The lowest BCUT2D eigenvalue weighted by molar-refractivity contribution is -0.000810. The lowest BCUT2D eigenvalue weighted by atomic mass is 9.79. The lowest BCUT2D eigenvalue weighted by Crippen LogP contribution is -2.41. The van der Waals surface area contributed by atoms with Gasteiger partial charge in [0.1, 0.15) is 5.82 Å². The number of hydrogen-bond acceptors (Lipinski definition) is 4. The molecular weight excluding hydrogens is 250 g/mol. The Hall–Kier alpha value is -1.00. The summed E-state index contributed by atoms with van der Waals surface area (Å²) in [5.74, 6) is 1.16. The van der Waals surface area contributed by atoms with Crippen LogP contribution >= 0.6 is 11.6 Å². The maximum absolute atomic E-state index is 10.5. The second-order valence-electron chi connectivity index (χ2n) is 5.37. The molecule has 0 saturated heterocycles. The summed E-state index contributed by atoms with van der Waals surface area (Å²) in [5.41, 5.74) is 5.68. The fraction of sp³-hybridized carbons (Fsp3) is 0.615. The standard InChI is InChI=1S/C13H20ClN3O/c1-9-3-2-4-13(18,6-9)8-17-12-11(15)5-10(14)7-16-12/h5,7,9,18H,2-4,6,8,15H2,1H3,(H,16,17). The van der Waals surface area contributed by atoms with Gasteiger partial charge in [0.2, 0.25) is 0 Å². The largest absolute Gasteiger partial charge is 0.396 e. The maximum Gasteiger partial charge on any atom is 0.149 e. The molecule has 0 radical (unpaired) electrons. The molecule has 4 nitrogen and oxygen atoms in total. The molecule has 1 fully saturated rings. The predicted molar refractivity (Wildman–Crippen MR) is 74.7 cm³/mol. The van der Waals surface area contributed by atoms with Crippen molar-refractivity contribution < 1.29 is 5.11 Å². The van der Waals surface area contributed by atoms with Gasteiger partial charge in [-0.3, -0.25) is 0 Å². The molecule has 100 valence electrons. The highest BCUT2D eigenvalue weighted by Gasteiger charge is 2.32. The summed E-state index contributed by atoms with van der Waals surface area (Å²) >= 11 is 5.79. The number of anilines is 2. The van der Waals surface area contributed by atoms with Gasteiger partial charge in [-0.05, 0) is 24.8 Å². The highest BCUT2D eigenvalue weighted by molar-refractivity contribution is 6.30. The molecule has 5 heteroatoms. The molecule has 0 spiro atoms. The number of halogens is 1. The monoisotopic (exact) mass is 269 g/mol. The van der Waals surface area contributed by atoms with Gasteiger partial charge in [-0.15, -0.1) is 0 Å². The maximum atomic E-state index is 10.5. The number of nitrogens with two attached hydrogens (primary N) is 1. The van der Waals surface area contributed by atoms with Gasteiger partial charge in [-0.25, -0.2) is 4.98 Å². The van der Waals surface area contributed by atoms with Crippen molar-refractivity contribution in [1.29, 1.82) is 0 Å². The molecule has 0 bridgehead atoms. The number of aromatic nitrogens is 1. The van der Waals surface area contributed by atoms with Crippen LogP contribution in [0.15, 0.2) is 12.3 Å². The molecule has 4 N–H and O–H groups in total. The van der Waals surface area contributed by atoms with Crippen LogP contribution in [0.5, 0.6) is 0 Å². The summed E-state index contributed by atoms with van der Waals surface area (Å²) in [6.07, 6.45) is 5.48. The Balaban J connectivity index is 1.98. The number of nitrogens with zero attached hydrogens (tertiary/aromatic N) is 1. The van der Waals surface area contributed by atoms with E-state index in [0.717, 1.165) is 19.3 Å². The molecule has 1 aromatic rings. The smallest absolute Gasteiger partial charge is 0.149 e. The third-order valence-corrected chi connectivity index (χ3v) is 3.74. The molecule has 0 aliphatic heterocycles. The van der Waals surface area contributed by atoms with E-state index in [9.17, 15) is 5.11 Å². The highest BCUT2D eigenvalue weighted by atomic mass is 35.5. The molecule has 1 aliphatic rings. The van der Waals surface area contributed by atoms with Crippen LogP contribution < -0.4 is 11.1 Å². The van der Waals surface area contributed by atoms with Crippen molar-refractivity contribution in [2.24, 2.45) is 5.92 Å². The van der Waals surface area contributed by atoms with Gasteiger partial charge in [0.15, 0.2) is 0 Å². The quantitative estimate of drug-likeness (QED) is 0.789. The van der Waals surface area contributed by atoms with E-state index in [0.29, 0.717) is 29.0 Å². The summed E-state index contributed by atoms with van der Waals surface area (Å²) in [5, 5.41) is 14.1. The van der Waals surface area contributed by atoms with Gasteiger partial charge in [0.25, 0.3) is 0 Å². The minimum absolute atomic E-state index is 0.482. The van der Waals surface area contributed by atoms with Gasteiger partial charge < -0.3 is 16.2 Å². The Morgan fingerprint density at radius 2 is 2.44 bits per heavy atom. The molecule has 1 aromatic heterocycles. The van der Waals surface area contributed by atoms with E-state index in [1.165, 1.54) is 6.42 Å². The number of nitrogens with one attached hydrogen (secondary N) is 1. The van der Waals surface area contributed by atoms with Crippen molar-refractivity contribution in [1.82, 2.24) is 4.98 Å². The van der Waals surface area contributed by atoms with Crippen molar-refractivity contribution in [3.63, 3.8) is 0 Å². The van der Waals surface area contributed by atoms with Crippen molar-refractivity contribution in [3.05, 3.63) is 17.3 Å². The first-order chi connectivity index (χ1) is 8.48. The van der Waals surface area contributed by atoms with Crippen LogP contribution in [0, 0.1) is 5.92 Å². The first-order valence-corrected chi connectivity index (χ1v) is 6.74. The van der Waals surface area contributed by atoms with Gasteiger partial charge in [-0.2, -0.15) is 0 Å². The Bertz CT molecular complexity index is 427. The van der Waals surface area contributed by atoms with Crippen LogP contribution in [-0.2, 0) is 0 Å². The van der Waals surface area contributed by atoms with Gasteiger partial charge in [-0.1, -0.05) is 31.4 Å². The molecule has 0 amide bonds. The minimum Gasteiger partial charge on any atom is -0.396 e. The van der Waals surface area contributed by atoms with Crippen molar-refractivity contribution in [3.8, 4) is 0 Å². The Kier molecular flexibility index (Phi) is 3.97. The fourth-order valence-electron chi connectivity index (χ4n) is 2.64. The van der Waals surface area contributed by atoms with E-state index in [-0.39, 0.29) is 0 Å². The molecular formula is C13H20ClN3O. The summed E-state index contributed by atoms with van der Waals surface area (Å²) < 4.78 is 0. The molecule has 2 rings (SSSR count). The summed E-state index contributed by atoms with van der Waals surface area (Å²) in [6, 6.07) is 1.66. The van der Waals surface area contributed by atoms with Crippen molar-refractivity contribution in [2.45, 2.75) is 38.2 Å². The zero-order valence-electron chi connectivity index (χ0n) is 10.6. The van der Waals surface area contributed by atoms with Gasteiger partial charge >= 0.3 is 0 Å². The molecule has 0 aromatic carbocycles. The second-order valence-corrected chi connectivity index (χ2v) is 5.81. The van der Waals surface area contributed by atoms with E-state index in [1.807, 2.05) is 0 Å². The van der Waals surface area contributed by atoms with Crippen LogP contribution in [0.25, 0.3) is 0 Å². The van der Waals surface area contributed by atoms with Crippen LogP contribution in [0.3, 0.4) is 0 Å². The van der Waals surface area contributed by atoms with E-state index in [2.05, 4.69) is 17.2 Å². The van der Waals surface area contributed by atoms with Crippen LogP contribution in [0.2, 0.25) is 5.02 Å². The summed E-state index contributed by atoms with van der Waals surface area (Å²) in [6.45, 7) is 2.66. The number of aliphatic hydroxyl groups is 1. The second kappa shape index (κ2) is 5.33. The third kappa shape index (κ3) is 3.27. The number of hydrogen-bond donors (Lipinski definition) is 3. The van der Waals surface area contributed by atoms with Crippen LogP contribution in [-0.4, -0.2) is 22.2 Å². The lowest BCUT2D eigenvalue weighted by Gasteiger charge is -2.35. The number of rotatable bonds is 3. The minimum atomic E-state index is -0.647. The Labute approximate surface area is 113 Å².